The van der Waals surface area contributed by atoms with Crippen molar-refractivity contribution in [2.45, 2.75) is 13.0 Å². The molecule has 0 heterocycles. The van der Waals surface area contributed by atoms with E-state index in [4.69, 9.17) is 21.1 Å². The second-order valence-electron chi connectivity index (χ2n) is 2.08. The van der Waals surface area contributed by atoms with Crippen molar-refractivity contribution in [3.63, 3.8) is 0 Å². The highest BCUT2D eigenvalue weighted by molar-refractivity contribution is 6.18. The van der Waals surface area contributed by atoms with Crippen molar-refractivity contribution in [2.24, 2.45) is 0 Å². The molecule has 0 aliphatic carbocycles. The van der Waals surface area contributed by atoms with Gasteiger partial charge >= 0.3 is 5.97 Å². The van der Waals surface area contributed by atoms with Crippen LogP contribution in [0, 0.1) is 0 Å². The molecule has 4 heteroatoms. The molecule has 3 nitrogen and oxygen atoms in total. The fraction of sp³-hybridized carbons (Fsp3) is 0.625. The fourth-order valence-electron chi connectivity index (χ4n) is 0.572. The molecule has 0 N–H and O–H groups in total. The normalized spacial score (nSPS) is 12.2. The summed E-state index contributed by atoms with van der Waals surface area (Å²) in [5.74, 6) is -0.236. The van der Waals surface area contributed by atoms with Crippen molar-refractivity contribution in [1.82, 2.24) is 0 Å². The first kappa shape index (κ1) is 11.5. The lowest BCUT2D eigenvalue weighted by Crippen LogP contribution is -2.24. The highest BCUT2D eigenvalue weighted by Crippen LogP contribution is 1.97. The number of hydrogen-bond donors (Lipinski definition) is 0. The predicted octanol–water partition coefficient (Wildman–Crippen LogP) is 1.36. The van der Waals surface area contributed by atoms with Gasteiger partial charge in [0.25, 0.3) is 0 Å². The molecule has 0 spiro atoms. The highest BCUT2D eigenvalue weighted by atomic mass is 35.5. The molecular weight excluding hydrogens is 180 g/mol. The molecule has 0 radical (unpaired) electrons. The van der Waals surface area contributed by atoms with Gasteiger partial charge in [-0.25, -0.2) is 4.79 Å². The van der Waals surface area contributed by atoms with E-state index in [1.165, 1.54) is 0 Å². The molecule has 0 aromatic heterocycles. The monoisotopic (exact) mass is 192 g/mol. The Morgan fingerprint density at radius 3 is 2.83 bits per heavy atom. The van der Waals surface area contributed by atoms with Crippen LogP contribution in [0.4, 0.5) is 0 Å². The Bertz CT molecular complexity index is 147. The summed E-state index contributed by atoms with van der Waals surface area (Å²) in [6.07, 6.45) is 0.725. The minimum atomic E-state index is -0.472. The topological polar surface area (TPSA) is 35.5 Å². The first-order valence-corrected chi connectivity index (χ1v) is 4.24. The zero-order valence-electron chi connectivity index (χ0n) is 7.09. The first-order chi connectivity index (χ1) is 5.74. The van der Waals surface area contributed by atoms with Crippen LogP contribution in [0.2, 0.25) is 0 Å². The standard InChI is InChI=1S/C8H13ClO3/c1-3-8(10)12-7(5-9)6-11-4-2/h3,7H,1,4-6H2,2H3. The van der Waals surface area contributed by atoms with Crippen molar-refractivity contribution in [1.29, 1.82) is 0 Å². The summed E-state index contributed by atoms with van der Waals surface area (Å²) >= 11 is 5.51. The zero-order valence-corrected chi connectivity index (χ0v) is 7.84. The lowest BCUT2D eigenvalue weighted by Gasteiger charge is -2.13. The van der Waals surface area contributed by atoms with Crippen LogP contribution >= 0.6 is 11.6 Å². The van der Waals surface area contributed by atoms with Crippen LogP contribution in [0.5, 0.6) is 0 Å². The Morgan fingerprint density at radius 1 is 1.75 bits per heavy atom. The number of ether oxygens (including phenoxy) is 2. The van der Waals surface area contributed by atoms with E-state index < -0.39 is 5.97 Å². The van der Waals surface area contributed by atoms with E-state index in [1.54, 1.807) is 0 Å². The van der Waals surface area contributed by atoms with E-state index in [0.717, 1.165) is 6.08 Å². The Kier molecular flexibility index (Phi) is 6.81. The lowest BCUT2D eigenvalue weighted by atomic mass is 10.4. The van der Waals surface area contributed by atoms with Gasteiger partial charge in [0, 0.05) is 12.7 Å². The lowest BCUT2D eigenvalue weighted by molar-refractivity contribution is -0.144. The molecule has 70 valence electrons. The maximum absolute atomic E-state index is 10.7. The average Bonchev–Trinajstić information content (AvgIpc) is 2.11. The molecule has 0 fully saturated rings. The Hall–Kier alpha value is -0.540. The molecule has 0 aromatic rings. The number of rotatable bonds is 6. The van der Waals surface area contributed by atoms with Crippen LogP contribution in [0.25, 0.3) is 0 Å². The van der Waals surface area contributed by atoms with Crippen molar-refractivity contribution >= 4 is 17.6 Å². The molecule has 0 aromatic carbocycles. The van der Waals surface area contributed by atoms with Crippen molar-refractivity contribution < 1.29 is 14.3 Å². The molecule has 0 aliphatic heterocycles. The number of esters is 1. The smallest absolute Gasteiger partial charge is 0.330 e. The van der Waals surface area contributed by atoms with Gasteiger partial charge in [0.2, 0.25) is 0 Å². The Balaban J connectivity index is 3.66. The third-order valence-electron chi connectivity index (χ3n) is 1.13. The van der Waals surface area contributed by atoms with Crippen molar-refractivity contribution in [2.75, 3.05) is 19.1 Å². The van der Waals surface area contributed by atoms with Crippen LogP contribution in [-0.4, -0.2) is 31.2 Å². The summed E-state index contributed by atoms with van der Waals surface area (Å²) in [6.45, 7) is 6.05. The Labute approximate surface area is 77.3 Å². The van der Waals surface area contributed by atoms with E-state index in [2.05, 4.69) is 6.58 Å². The molecule has 0 rings (SSSR count). The molecule has 0 amide bonds. The number of halogens is 1. The first-order valence-electron chi connectivity index (χ1n) is 3.71. The van der Waals surface area contributed by atoms with Gasteiger partial charge in [-0.1, -0.05) is 6.58 Å². The molecule has 0 aliphatic rings. The minimum Gasteiger partial charge on any atom is -0.455 e. The van der Waals surface area contributed by atoms with Gasteiger partial charge in [-0.2, -0.15) is 0 Å². The molecule has 1 unspecified atom stereocenters. The van der Waals surface area contributed by atoms with Crippen LogP contribution in [0.15, 0.2) is 12.7 Å². The maximum Gasteiger partial charge on any atom is 0.330 e. The van der Waals surface area contributed by atoms with Crippen LogP contribution in [0.3, 0.4) is 0 Å². The second kappa shape index (κ2) is 7.13. The third kappa shape index (κ3) is 5.16. The van der Waals surface area contributed by atoms with Gasteiger partial charge in [0.15, 0.2) is 0 Å². The fourth-order valence-corrected chi connectivity index (χ4v) is 0.724. The van der Waals surface area contributed by atoms with Gasteiger partial charge in [0.1, 0.15) is 6.10 Å². The van der Waals surface area contributed by atoms with Crippen LogP contribution < -0.4 is 0 Å². The largest absolute Gasteiger partial charge is 0.455 e. The molecule has 0 saturated heterocycles. The Morgan fingerprint density at radius 2 is 2.42 bits per heavy atom. The number of carbonyl (C=O) groups excluding carboxylic acids is 1. The van der Waals surface area contributed by atoms with E-state index >= 15 is 0 Å². The summed E-state index contributed by atoms with van der Waals surface area (Å²) < 4.78 is 9.87. The van der Waals surface area contributed by atoms with Gasteiger partial charge in [0.05, 0.1) is 12.5 Å². The van der Waals surface area contributed by atoms with E-state index in [-0.39, 0.29) is 12.0 Å². The van der Waals surface area contributed by atoms with Gasteiger partial charge < -0.3 is 9.47 Å². The summed E-state index contributed by atoms with van der Waals surface area (Å²) in [4.78, 5) is 10.7. The minimum absolute atomic E-state index is 0.236. The summed E-state index contributed by atoms with van der Waals surface area (Å²) in [6, 6.07) is 0. The van der Waals surface area contributed by atoms with Crippen LogP contribution in [0.1, 0.15) is 6.92 Å². The summed E-state index contributed by atoms with van der Waals surface area (Å²) in [5.41, 5.74) is 0. The molecule has 12 heavy (non-hydrogen) atoms. The van der Waals surface area contributed by atoms with Crippen molar-refractivity contribution in [3.8, 4) is 0 Å². The van der Waals surface area contributed by atoms with E-state index in [1.807, 2.05) is 6.92 Å². The van der Waals surface area contributed by atoms with E-state index in [9.17, 15) is 4.79 Å². The quantitative estimate of drug-likeness (QED) is 0.362. The third-order valence-corrected chi connectivity index (χ3v) is 1.47. The predicted molar refractivity (Wildman–Crippen MR) is 47.3 cm³/mol. The zero-order chi connectivity index (χ0) is 9.40. The molecular formula is C8H13ClO3. The average molecular weight is 193 g/mol. The molecule has 0 bridgehead atoms. The number of hydrogen-bond acceptors (Lipinski definition) is 3. The number of alkyl halides is 1. The van der Waals surface area contributed by atoms with Gasteiger partial charge in [-0.3, -0.25) is 0 Å². The summed E-state index contributed by atoms with van der Waals surface area (Å²) in [5, 5.41) is 0. The van der Waals surface area contributed by atoms with Gasteiger partial charge in [-0.05, 0) is 6.92 Å². The molecule has 1 atom stereocenters. The SMILES string of the molecule is C=CC(=O)OC(CCl)COCC. The second-order valence-corrected chi connectivity index (χ2v) is 2.39. The van der Waals surface area contributed by atoms with Crippen LogP contribution in [-0.2, 0) is 14.3 Å². The van der Waals surface area contributed by atoms with E-state index in [0.29, 0.717) is 13.2 Å². The number of carbonyl (C=O) groups is 1. The summed E-state index contributed by atoms with van der Waals surface area (Å²) in [7, 11) is 0. The van der Waals surface area contributed by atoms with Crippen molar-refractivity contribution in [3.05, 3.63) is 12.7 Å². The van der Waals surface area contributed by atoms with Gasteiger partial charge in [-0.15, -0.1) is 11.6 Å². The highest BCUT2D eigenvalue weighted by Gasteiger charge is 2.10. The maximum atomic E-state index is 10.7. The molecule has 0 saturated carbocycles.